The molecule has 4 aromatic rings. The highest BCUT2D eigenvalue weighted by Crippen LogP contribution is 2.35. The summed E-state index contributed by atoms with van der Waals surface area (Å²) in [5.41, 5.74) is 3.14. The average molecular weight is 474 g/mol. The molecule has 5 rings (SSSR count). The van der Waals surface area contributed by atoms with Gasteiger partial charge in [-0.3, -0.25) is 4.90 Å². The van der Waals surface area contributed by atoms with E-state index < -0.39 is 9.84 Å². The van der Waals surface area contributed by atoms with Crippen LogP contribution in [0, 0.1) is 6.92 Å². The number of hydrogen-bond donors (Lipinski definition) is 0. The summed E-state index contributed by atoms with van der Waals surface area (Å²) in [6.45, 7) is 5.81. The van der Waals surface area contributed by atoms with Gasteiger partial charge < -0.3 is 9.32 Å². The number of nitrogens with zero attached hydrogens (tertiary/aromatic N) is 3. The van der Waals surface area contributed by atoms with Crippen molar-refractivity contribution in [2.45, 2.75) is 23.4 Å². The highest BCUT2D eigenvalue weighted by atomic mass is 32.2. The molecule has 0 radical (unpaired) electrons. The molecule has 1 aliphatic heterocycles. The lowest BCUT2D eigenvalue weighted by Crippen LogP contribution is -2.46. The normalized spacial score (nSPS) is 14.9. The first-order valence-electron chi connectivity index (χ1n) is 11.4. The molecule has 1 aromatic heterocycles. The van der Waals surface area contributed by atoms with Crippen molar-refractivity contribution in [2.24, 2.45) is 0 Å². The summed E-state index contributed by atoms with van der Waals surface area (Å²) in [4.78, 5) is 9.09. The number of aromatic nitrogens is 1. The molecular weight excluding hydrogens is 446 g/mol. The molecule has 2 heterocycles. The third-order valence-electron chi connectivity index (χ3n) is 6.09. The summed E-state index contributed by atoms with van der Waals surface area (Å²) in [6.07, 6.45) is 0. The molecule has 0 atom stereocenters. The van der Waals surface area contributed by atoms with Crippen molar-refractivity contribution in [1.29, 1.82) is 0 Å². The monoisotopic (exact) mass is 473 g/mol. The predicted molar refractivity (Wildman–Crippen MR) is 133 cm³/mol. The van der Waals surface area contributed by atoms with Crippen molar-refractivity contribution in [3.05, 3.63) is 96.1 Å². The van der Waals surface area contributed by atoms with Crippen LogP contribution in [0.5, 0.6) is 0 Å². The quantitative estimate of drug-likeness (QED) is 0.401. The summed E-state index contributed by atoms with van der Waals surface area (Å²) >= 11 is 0. The Labute approximate surface area is 200 Å². The molecule has 0 N–H and O–H groups in total. The minimum Gasteiger partial charge on any atom is -0.419 e. The number of aryl methyl sites for hydroxylation is 1. The second-order valence-electron chi connectivity index (χ2n) is 8.56. The Bertz CT molecular complexity index is 1340. The van der Waals surface area contributed by atoms with Crippen molar-refractivity contribution in [1.82, 2.24) is 9.88 Å². The number of rotatable bonds is 6. The maximum atomic E-state index is 13.5. The highest BCUT2D eigenvalue weighted by molar-refractivity contribution is 7.91. The van der Waals surface area contributed by atoms with Gasteiger partial charge in [0, 0.05) is 38.3 Å². The first kappa shape index (κ1) is 22.4. The van der Waals surface area contributed by atoms with E-state index in [1.807, 2.05) is 54.3 Å². The van der Waals surface area contributed by atoms with Crippen LogP contribution in [-0.4, -0.2) is 44.5 Å². The van der Waals surface area contributed by atoms with Gasteiger partial charge in [0.05, 0.1) is 4.90 Å². The number of sulfone groups is 1. The maximum absolute atomic E-state index is 13.5. The predicted octanol–water partition coefficient (Wildman–Crippen LogP) is 4.81. The van der Waals surface area contributed by atoms with Gasteiger partial charge in [-0.15, -0.1) is 0 Å². The fraction of sp³-hybridized carbons (Fsp3) is 0.222. The standard InChI is InChI=1S/C27H27N3O3S/c1-21-12-14-23(15-13-21)25-28-26(34(31,32)24-10-6-3-7-11-24)27(33-25)30-18-16-29(17-19-30)20-22-8-4-2-5-9-22/h2-15H,16-20H2,1H3. The van der Waals surface area contributed by atoms with Gasteiger partial charge in [-0.05, 0) is 36.8 Å². The van der Waals surface area contributed by atoms with Gasteiger partial charge in [-0.25, -0.2) is 8.42 Å². The molecule has 0 unspecified atom stereocenters. The molecule has 174 valence electrons. The second kappa shape index (κ2) is 9.44. The van der Waals surface area contributed by atoms with Crippen LogP contribution in [0.2, 0.25) is 0 Å². The number of piperazine rings is 1. The highest BCUT2D eigenvalue weighted by Gasteiger charge is 2.32. The molecule has 0 aliphatic carbocycles. The Morgan fingerprint density at radius 2 is 1.44 bits per heavy atom. The van der Waals surface area contributed by atoms with Crippen molar-refractivity contribution in [3.8, 4) is 11.5 Å². The zero-order valence-electron chi connectivity index (χ0n) is 19.1. The fourth-order valence-electron chi connectivity index (χ4n) is 4.15. The smallest absolute Gasteiger partial charge is 0.236 e. The Morgan fingerprint density at radius 3 is 2.09 bits per heavy atom. The summed E-state index contributed by atoms with van der Waals surface area (Å²) < 4.78 is 33.2. The average Bonchev–Trinajstić information content (AvgIpc) is 3.33. The van der Waals surface area contributed by atoms with Crippen LogP contribution in [0.3, 0.4) is 0 Å². The van der Waals surface area contributed by atoms with Crippen LogP contribution in [-0.2, 0) is 16.4 Å². The molecular formula is C27H27N3O3S. The molecule has 1 aliphatic rings. The molecule has 6 nitrogen and oxygen atoms in total. The second-order valence-corrected chi connectivity index (χ2v) is 10.4. The maximum Gasteiger partial charge on any atom is 0.236 e. The summed E-state index contributed by atoms with van der Waals surface area (Å²) in [6, 6.07) is 26.5. The van der Waals surface area contributed by atoms with Crippen molar-refractivity contribution in [3.63, 3.8) is 0 Å². The lowest BCUT2D eigenvalue weighted by atomic mass is 10.1. The third kappa shape index (κ3) is 4.62. The van der Waals surface area contributed by atoms with Crippen molar-refractivity contribution >= 4 is 15.7 Å². The van der Waals surface area contributed by atoms with Crippen LogP contribution in [0.15, 0.2) is 99.3 Å². The molecule has 0 amide bonds. The van der Waals surface area contributed by atoms with Crippen LogP contribution in [0.4, 0.5) is 5.88 Å². The zero-order chi connectivity index (χ0) is 23.5. The van der Waals surface area contributed by atoms with E-state index in [1.54, 1.807) is 30.3 Å². The Kier molecular flexibility index (Phi) is 6.22. The van der Waals surface area contributed by atoms with E-state index in [9.17, 15) is 8.42 Å². The molecule has 7 heteroatoms. The van der Waals surface area contributed by atoms with E-state index >= 15 is 0 Å². The molecule has 1 saturated heterocycles. The van der Waals surface area contributed by atoms with Crippen LogP contribution < -0.4 is 4.90 Å². The Morgan fingerprint density at radius 1 is 0.824 bits per heavy atom. The minimum atomic E-state index is -3.84. The van der Waals surface area contributed by atoms with Crippen molar-refractivity contribution in [2.75, 3.05) is 31.1 Å². The molecule has 1 fully saturated rings. The van der Waals surface area contributed by atoms with Gasteiger partial charge in [0.1, 0.15) is 0 Å². The van der Waals surface area contributed by atoms with Crippen molar-refractivity contribution < 1.29 is 12.8 Å². The van der Waals surface area contributed by atoms with E-state index in [0.29, 0.717) is 24.9 Å². The lowest BCUT2D eigenvalue weighted by molar-refractivity contribution is 0.245. The van der Waals surface area contributed by atoms with Gasteiger partial charge in [-0.2, -0.15) is 4.98 Å². The van der Waals surface area contributed by atoms with E-state index in [1.165, 1.54) is 5.56 Å². The first-order valence-corrected chi connectivity index (χ1v) is 12.9. The number of anilines is 1. The van der Waals surface area contributed by atoms with Gasteiger partial charge in [0.25, 0.3) is 0 Å². The van der Waals surface area contributed by atoms with Gasteiger partial charge in [0.2, 0.25) is 26.6 Å². The largest absolute Gasteiger partial charge is 0.419 e. The number of benzene rings is 3. The summed E-state index contributed by atoms with van der Waals surface area (Å²) in [5, 5.41) is -0.0224. The van der Waals surface area contributed by atoms with Gasteiger partial charge in [-0.1, -0.05) is 66.2 Å². The van der Waals surface area contributed by atoms with E-state index in [0.717, 1.165) is 30.8 Å². The third-order valence-corrected chi connectivity index (χ3v) is 7.76. The molecule has 0 bridgehead atoms. The topological polar surface area (TPSA) is 66.7 Å². The van der Waals surface area contributed by atoms with Gasteiger partial charge >= 0.3 is 0 Å². The molecule has 34 heavy (non-hydrogen) atoms. The van der Waals surface area contributed by atoms with Crippen LogP contribution in [0.1, 0.15) is 11.1 Å². The zero-order valence-corrected chi connectivity index (χ0v) is 19.9. The van der Waals surface area contributed by atoms with E-state index in [-0.39, 0.29) is 9.92 Å². The number of hydrogen-bond acceptors (Lipinski definition) is 6. The SMILES string of the molecule is Cc1ccc(-c2nc(S(=O)(=O)c3ccccc3)c(N3CCN(Cc4ccccc4)CC3)o2)cc1. The van der Waals surface area contributed by atoms with E-state index in [2.05, 4.69) is 22.0 Å². The fourth-order valence-corrected chi connectivity index (χ4v) is 5.50. The van der Waals surface area contributed by atoms with Crippen LogP contribution in [0.25, 0.3) is 11.5 Å². The van der Waals surface area contributed by atoms with Gasteiger partial charge in [0.15, 0.2) is 0 Å². The van der Waals surface area contributed by atoms with Crippen LogP contribution >= 0.6 is 0 Å². The number of oxazole rings is 1. The molecule has 3 aromatic carbocycles. The minimum absolute atomic E-state index is 0.0224. The summed E-state index contributed by atoms with van der Waals surface area (Å²) in [5.74, 6) is 0.634. The Balaban J connectivity index is 1.45. The van der Waals surface area contributed by atoms with E-state index in [4.69, 9.17) is 4.42 Å². The lowest BCUT2D eigenvalue weighted by Gasteiger charge is -2.34. The molecule has 0 saturated carbocycles. The molecule has 0 spiro atoms. The Hall–Kier alpha value is -3.42. The first-order chi connectivity index (χ1) is 16.5. The summed E-state index contributed by atoms with van der Waals surface area (Å²) in [7, 11) is -3.84.